The minimum atomic E-state index is -0.244. The number of nitrogens with one attached hydrogen (secondary N) is 1. The summed E-state index contributed by atoms with van der Waals surface area (Å²) in [6.07, 6.45) is 1.48. The zero-order valence-corrected chi connectivity index (χ0v) is 13.6. The number of benzene rings is 2. The van der Waals surface area contributed by atoms with Gasteiger partial charge in [0.05, 0.1) is 10.6 Å². The summed E-state index contributed by atoms with van der Waals surface area (Å²) < 4.78 is 0.829. The third kappa shape index (κ3) is 4.56. The molecule has 3 nitrogen and oxygen atoms in total. The van der Waals surface area contributed by atoms with Crippen molar-refractivity contribution in [3.05, 3.63) is 63.1 Å². The number of aliphatic hydroxyl groups is 1. The minimum Gasteiger partial charge on any atom is -0.396 e. The molecule has 0 atom stereocenters. The van der Waals surface area contributed by atoms with Crippen LogP contribution in [-0.2, 0) is 6.42 Å². The number of halogens is 2. The van der Waals surface area contributed by atoms with Gasteiger partial charge >= 0.3 is 0 Å². The fourth-order valence-electron chi connectivity index (χ4n) is 1.96. The van der Waals surface area contributed by atoms with Crippen LogP contribution in [0, 0.1) is 0 Å². The summed E-state index contributed by atoms with van der Waals surface area (Å²) in [6.45, 7) is 0.158. The van der Waals surface area contributed by atoms with Crippen LogP contribution < -0.4 is 5.32 Å². The van der Waals surface area contributed by atoms with E-state index in [9.17, 15) is 4.79 Å². The van der Waals surface area contributed by atoms with Gasteiger partial charge < -0.3 is 10.4 Å². The Morgan fingerprint density at radius 2 is 2.05 bits per heavy atom. The lowest BCUT2D eigenvalue weighted by Crippen LogP contribution is -2.12. The summed E-state index contributed by atoms with van der Waals surface area (Å²) in [4.78, 5) is 12.2. The first-order chi connectivity index (χ1) is 10.1. The molecule has 0 fully saturated rings. The number of aryl methyl sites for hydroxylation is 1. The highest BCUT2D eigenvalue weighted by atomic mass is 79.9. The molecule has 0 aromatic heterocycles. The van der Waals surface area contributed by atoms with Crippen molar-refractivity contribution < 1.29 is 9.90 Å². The Balaban J connectivity index is 2.12. The van der Waals surface area contributed by atoms with Crippen molar-refractivity contribution in [3.63, 3.8) is 0 Å². The summed E-state index contributed by atoms with van der Waals surface area (Å²) in [7, 11) is 0. The van der Waals surface area contributed by atoms with E-state index in [2.05, 4.69) is 21.2 Å². The molecule has 2 aromatic rings. The number of carbonyl (C=O) groups is 1. The number of hydrogen-bond acceptors (Lipinski definition) is 2. The molecule has 0 saturated carbocycles. The fraction of sp³-hybridized carbons (Fsp3) is 0.188. The quantitative estimate of drug-likeness (QED) is 0.827. The van der Waals surface area contributed by atoms with E-state index < -0.39 is 0 Å². The van der Waals surface area contributed by atoms with Crippen molar-refractivity contribution in [2.24, 2.45) is 0 Å². The SMILES string of the molecule is O=C(Nc1cccc(CCCO)c1)c1ccc(Br)cc1Cl. The molecule has 0 spiro atoms. The molecule has 0 radical (unpaired) electrons. The molecule has 0 aliphatic heterocycles. The highest BCUT2D eigenvalue weighted by Gasteiger charge is 2.11. The van der Waals surface area contributed by atoms with Crippen LogP contribution in [0.1, 0.15) is 22.3 Å². The van der Waals surface area contributed by atoms with Gasteiger partial charge in [0.2, 0.25) is 0 Å². The highest BCUT2D eigenvalue weighted by Crippen LogP contribution is 2.22. The van der Waals surface area contributed by atoms with Gasteiger partial charge in [-0.25, -0.2) is 0 Å². The lowest BCUT2D eigenvalue weighted by atomic mass is 10.1. The van der Waals surface area contributed by atoms with Gasteiger partial charge in [-0.1, -0.05) is 39.7 Å². The average molecular weight is 369 g/mol. The number of amides is 1. The maximum atomic E-state index is 12.2. The molecule has 2 rings (SSSR count). The molecule has 0 aliphatic carbocycles. The Bertz CT molecular complexity index is 646. The zero-order chi connectivity index (χ0) is 15.2. The monoisotopic (exact) mass is 367 g/mol. The molecule has 5 heteroatoms. The van der Waals surface area contributed by atoms with E-state index in [0.717, 1.165) is 22.1 Å². The van der Waals surface area contributed by atoms with Gasteiger partial charge in [0, 0.05) is 16.8 Å². The van der Waals surface area contributed by atoms with Crippen LogP contribution in [0.3, 0.4) is 0 Å². The van der Waals surface area contributed by atoms with Crippen molar-refractivity contribution >= 4 is 39.1 Å². The van der Waals surface area contributed by atoms with Gasteiger partial charge in [-0.2, -0.15) is 0 Å². The molecular weight excluding hydrogens is 354 g/mol. The summed E-state index contributed by atoms with van der Waals surface area (Å²) in [5.41, 5.74) is 2.22. The molecule has 0 saturated heterocycles. The molecule has 110 valence electrons. The maximum Gasteiger partial charge on any atom is 0.257 e. The van der Waals surface area contributed by atoms with Gasteiger partial charge in [0.1, 0.15) is 0 Å². The molecule has 2 N–H and O–H groups in total. The third-order valence-electron chi connectivity index (χ3n) is 2.98. The summed E-state index contributed by atoms with van der Waals surface area (Å²) in [6, 6.07) is 12.7. The molecular formula is C16H15BrClNO2. The third-order valence-corrected chi connectivity index (χ3v) is 3.79. The van der Waals surface area contributed by atoms with Gasteiger partial charge in [-0.15, -0.1) is 0 Å². The second kappa shape index (κ2) is 7.59. The second-order valence-electron chi connectivity index (χ2n) is 4.61. The lowest BCUT2D eigenvalue weighted by molar-refractivity contribution is 0.102. The average Bonchev–Trinajstić information content (AvgIpc) is 2.45. The molecule has 0 unspecified atom stereocenters. The lowest BCUT2D eigenvalue weighted by Gasteiger charge is -2.08. The van der Waals surface area contributed by atoms with Crippen LogP contribution >= 0.6 is 27.5 Å². The van der Waals surface area contributed by atoms with Crippen molar-refractivity contribution in [2.75, 3.05) is 11.9 Å². The second-order valence-corrected chi connectivity index (χ2v) is 5.93. The topological polar surface area (TPSA) is 49.3 Å². The van der Waals surface area contributed by atoms with Gasteiger partial charge in [0.25, 0.3) is 5.91 Å². The Morgan fingerprint density at radius 1 is 1.24 bits per heavy atom. The number of aliphatic hydroxyl groups excluding tert-OH is 1. The van der Waals surface area contributed by atoms with E-state index in [-0.39, 0.29) is 12.5 Å². The van der Waals surface area contributed by atoms with Crippen LogP contribution in [0.2, 0.25) is 5.02 Å². The zero-order valence-electron chi connectivity index (χ0n) is 11.3. The van der Waals surface area contributed by atoms with Crippen LogP contribution in [0.15, 0.2) is 46.9 Å². The van der Waals surface area contributed by atoms with E-state index in [1.54, 1.807) is 18.2 Å². The maximum absolute atomic E-state index is 12.2. The number of anilines is 1. The summed E-state index contributed by atoms with van der Waals surface area (Å²) in [5, 5.41) is 12.1. The molecule has 2 aromatic carbocycles. The largest absolute Gasteiger partial charge is 0.396 e. The number of rotatable bonds is 5. The Hall–Kier alpha value is -1.36. The predicted octanol–water partition coefficient (Wildman–Crippen LogP) is 4.28. The molecule has 0 heterocycles. The molecule has 0 bridgehead atoms. The van der Waals surface area contributed by atoms with Crippen molar-refractivity contribution in [1.82, 2.24) is 0 Å². The Morgan fingerprint density at radius 3 is 2.76 bits per heavy atom. The van der Waals surface area contributed by atoms with E-state index in [1.165, 1.54) is 0 Å². The van der Waals surface area contributed by atoms with Crippen molar-refractivity contribution in [2.45, 2.75) is 12.8 Å². The standard InChI is InChI=1S/C16H15BrClNO2/c17-12-6-7-14(15(18)10-12)16(21)19-13-5-1-3-11(9-13)4-2-8-20/h1,3,5-7,9-10,20H,2,4,8H2,(H,19,21). The molecule has 1 amide bonds. The van der Waals surface area contributed by atoms with Gasteiger partial charge in [-0.05, 0) is 48.7 Å². The first kappa shape index (κ1) is 16.0. The number of carbonyl (C=O) groups excluding carboxylic acids is 1. The first-order valence-corrected chi connectivity index (χ1v) is 7.73. The van der Waals surface area contributed by atoms with E-state index in [4.69, 9.17) is 16.7 Å². The summed E-state index contributed by atoms with van der Waals surface area (Å²) >= 11 is 9.38. The minimum absolute atomic E-state index is 0.158. The summed E-state index contributed by atoms with van der Waals surface area (Å²) in [5.74, 6) is -0.244. The van der Waals surface area contributed by atoms with Crippen LogP contribution in [-0.4, -0.2) is 17.6 Å². The van der Waals surface area contributed by atoms with E-state index >= 15 is 0 Å². The highest BCUT2D eigenvalue weighted by molar-refractivity contribution is 9.10. The fourth-order valence-corrected chi connectivity index (χ4v) is 2.72. The smallest absolute Gasteiger partial charge is 0.257 e. The van der Waals surface area contributed by atoms with Crippen molar-refractivity contribution in [1.29, 1.82) is 0 Å². The van der Waals surface area contributed by atoms with Crippen LogP contribution in [0.5, 0.6) is 0 Å². The number of hydrogen-bond donors (Lipinski definition) is 2. The van der Waals surface area contributed by atoms with E-state index in [0.29, 0.717) is 17.0 Å². The molecule has 0 aliphatic rings. The van der Waals surface area contributed by atoms with Crippen LogP contribution in [0.4, 0.5) is 5.69 Å². The normalized spacial score (nSPS) is 10.4. The van der Waals surface area contributed by atoms with E-state index in [1.807, 2.05) is 24.3 Å². The van der Waals surface area contributed by atoms with Gasteiger partial charge in [-0.3, -0.25) is 4.79 Å². The van der Waals surface area contributed by atoms with Crippen molar-refractivity contribution in [3.8, 4) is 0 Å². The predicted molar refractivity (Wildman–Crippen MR) is 89.0 cm³/mol. The first-order valence-electron chi connectivity index (χ1n) is 6.56. The molecule has 21 heavy (non-hydrogen) atoms. The van der Waals surface area contributed by atoms with Gasteiger partial charge in [0.15, 0.2) is 0 Å². The van der Waals surface area contributed by atoms with Crippen LogP contribution in [0.25, 0.3) is 0 Å². The Labute approximate surface area is 137 Å². The Kier molecular flexibility index (Phi) is 5.79.